The van der Waals surface area contributed by atoms with Crippen LogP contribution in [0.5, 0.6) is 0 Å². The van der Waals surface area contributed by atoms with E-state index in [1.54, 1.807) is 0 Å². The number of aliphatic carboxylic acids is 1. The van der Waals surface area contributed by atoms with Gasteiger partial charge in [-0.25, -0.2) is 0 Å². The second kappa shape index (κ2) is 3.37. The topological polar surface area (TPSA) is 63.6 Å². The van der Waals surface area contributed by atoms with Gasteiger partial charge in [-0.05, 0) is 12.8 Å². The second-order valence-electron chi connectivity index (χ2n) is 2.58. The van der Waals surface area contributed by atoms with E-state index in [0.717, 1.165) is 0 Å². The first-order valence-corrected chi connectivity index (χ1v) is 3.60. The molecule has 11 heavy (non-hydrogen) atoms. The highest BCUT2D eigenvalue weighted by Crippen LogP contribution is 2.17. The Morgan fingerprint density at radius 3 is 2.91 bits per heavy atom. The fourth-order valence-electron chi connectivity index (χ4n) is 1.07. The quantitative estimate of drug-likeness (QED) is 0.609. The number of carboxylic acid groups (broad SMARTS) is 1. The highest BCUT2D eigenvalue weighted by atomic mass is 16.5. The molecule has 1 aliphatic rings. The van der Waals surface area contributed by atoms with Crippen molar-refractivity contribution in [1.82, 2.24) is 0 Å². The zero-order chi connectivity index (χ0) is 8.27. The number of esters is 1. The van der Waals surface area contributed by atoms with Crippen LogP contribution < -0.4 is 0 Å². The minimum Gasteiger partial charge on any atom is -0.481 e. The predicted octanol–water partition coefficient (Wildman–Crippen LogP) is 0.557. The Labute approximate surface area is 64.2 Å². The molecule has 0 aromatic carbocycles. The summed E-state index contributed by atoms with van der Waals surface area (Å²) in [5.74, 6) is -1.05. The van der Waals surface area contributed by atoms with E-state index in [0.29, 0.717) is 19.3 Å². The van der Waals surface area contributed by atoms with E-state index in [4.69, 9.17) is 9.84 Å². The van der Waals surface area contributed by atoms with Crippen LogP contribution >= 0.6 is 0 Å². The Balaban J connectivity index is 2.18. The van der Waals surface area contributed by atoms with E-state index in [-0.39, 0.29) is 18.5 Å². The molecule has 0 amide bonds. The summed E-state index contributed by atoms with van der Waals surface area (Å²) in [4.78, 5) is 20.6. The molecule has 1 fully saturated rings. The largest absolute Gasteiger partial charge is 0.481 e. The van der Waals surface area contributed by atoms with Crippen LogP contribution in [0.1, 0.15) is 25.7 Å². The Bertz CT molecular complexity index is 175. The third-order valence-electron chi connectivity index (χ3n) is 1.65. The third-order valence-corrected chi connectivity index (χ3v) is 1.65. The number of carbonyl (C=O) groups excluding carboxylic acids is 1. The Morgan fingerprint density at radius 1 is 1.73 bits per heavy atom. The van der Waals surface area contributed by atoms with Gasteiger partial charge in [-0.15, -0.1) is 0 Å². The number of carbonyl (C=O) groups is 2. The summed E-state index contributed by atoms with van der Waals surface area (Å²) in [7, 11) is 0. The Kier molecular flexibility index (Phi) is 2.46. The van der Waals surface area contributed by atoms with Crippen LogP contribution in [0.25, 0.3) is 0 Å². The summed E-state index contributed by atoms with van der Waals surface area (Å²) in [5.41, 5.74) is 0. The maximum atomic E-state index is 10.5. The van der Waals surface area contributed by atoms with Crippen LogP contribution in [0.2, 0.25) is 0 Å². The van der Waals surface area contributed by atoms with Crippen LogP contribution in [0.4, 0.5) is 0 Å². The van der Waals surface area contributed by atoms with E-state index in [1.807, 2.05) is 0 Å². The second-order valence-corrected chi connectivity index (χ2v) is 2.58. The van der Waals surface area contributed by atoms with Crippen LogP contribution in [0.3, 0.4) is 0 Å². The molecule has 0 aliphatic carbocycles. The molecule has 4 nitrogen and oxygen atoms in total. The van der Waals surface area contributed by atoms with Crippen molar-refractivity contribution in [2.45, 2.75) is 31.8 Å². The molecule has 62 valence electrons. The molecule has 1 saturated heterocycles. The first-order valence-electron chi connectivity index (χ1n) is 3.60. The van der Waals surface area contributed by atoms with Crippen molar-refractivity contribution in [2.75, 3.05) is 0 Å². The molecule has 0 aromatic rings. The van der Waals surface area contributed by atoms with E-state index < -0.39 is 5.97 Å². The average molecular weight is 158 g/mol. The monoisotopic (exact) mass is 158 g/mol. The van der Waals surface area contributed by atoms with Gasteiger partial charge >= 0.3 is 11.9 Å². The molecule has 1 aliphatic heterocycles. The van der Waals surface area contributed by atoms with Crippen LogP contribution in [-0.4, -0.2) is 23.1 Å². The molecule has 1 N–H and O–H groups in total. The molecule has 1 heterocycles. The average Bonchev–Trinajstić information content (AvgIpc) is 2.31. The number of ether oxygens (including phenoxy) is 1. The van der Waals surface area contributed by atoms with Gasteiger partial charge in [0.2, 0.25) is 0 Å². The molecule has 0 radical (unpaired) electrons. The van der Waals surface area contributed by atoms with Crippen molar-refractivity contribution in [2.24, 2.45) is 0 Å². The first kappa shape index (κ1) is 8.04. The first-order chi connectivity index (χ1) is 5.18. The van der Waals surface area contributed by atoms with Crippen LogP contribution in [0, 0.1) is 0 Å². The van der Waals surface area contributed by atoms with Gasteiger partial charge in [-0.2, -0.15) is 0 Å². The number of hydrogen-bond donors (Lipinski definition) is 1. The number of carboxylic acids is 1. The lowest BCUT2D eigenvalue weighted by atomic mass is 10.1. The van der Waals surface area contributed by atoms with Gasteiger partial charge < -0.3 is 9.84 Å². The van der Waals surface area contributed by atoms with Gasteiger partial charge in [0.15, 0.2) is 0 Å². The standard InChI is InChI=1S/C7H10O4/c8-6(9)3-1-5-2-4-7(10)11-5/h5H,1-4H2,(H,8,9)/t5-/m0/s1. The van der Waals surface area contributed by atoms with Crippen molar-refractivity contribution >= 4 is 11.9 Å². The SMILES string of the molecule is O=C(O)CC[C@H]1CCC(=O)O1. The number of hydrogen-bond acceptors (Lipinski definition) is 3. The molecule has 0 unspecified atom stereocenters. The van der Waals surface area contributed by atoms with Crippen molar-refractivity contribution < 1.29 is 19.4 Å². The summed E-state index contributed by atoms with van der Waals surface area (Å²) in [6.07, 6.45) is 1.48. The summed E-state index contributed by atoms with van der Waals surface area (Å²) in [6.45, 7) is 0. The molecule has 1 rings (SSSR count). The molecule has 0 bridgehead atoms. The summed E-state index contributed by atoms with van der Waals surface area (Å²) in [5, 5.41) is 8.30. The van der Waals surface area contributed by atoms with Gasteiger partial charge in [0.05, 0.1) is 0 Å². The zero-order valence-corrected chi connectivity index (χ0v) is 6.08. The van der Waals surface area contributed by atoms with Gasteiger partial charge in [0.1, 0.15) is 6.10 Å². The van der Waals surface area contributed by atoms with E-state index >= 15 is 0 Å². The van der Waals surface area contributed by atoms with E-state index in [2.05, 4.69) is 0 Å². The Hall–Kier alpha value is -1.06. The Morgan fingerprint density at radius 2 is 2.45 bits per heavy atom. The number of cyclic esters (lactones) is 1. The van der Waals surface area contributed by atoms with Crippen molar-refractivity contribution in [1.29, 1.82) is 0 Å². The normalized spacial score (nSPS) is 23.3. The smallest absolute Gasteiger partial charge is 0.306 e. The van der Waals surface area contributed by atoms with E-state index in [9.17, 15) is 9.59 Å². The molecule has 4 heteroatoms. The maximum absolute atomic E-state index is 10.5. The molecular formula is C7H10O4. The third kappa shape index (κ3) is 2.57. The predicted molar refractivity (Wildman–Crippen MR) is 36.0 cm³/mol. The molecular weight excluding hydrogens is 148 g/mol. The fourth-order valence-corrected chi connectivity index (χ4v) is 1.07. The van der Waals surface area contributed by atoms with Crippen molar-refractivity contribution in [3.63, 3.8) is 0 Å². The fraction of sp³-hybridized carbons (Fsp3) is 0.714. The van der Waals surface area contributed by atoms with Crippen molar-refractivity contribution in [3.8, 4) is 0 Å². The van der Waals surface area contributed by atoms with E-state index in [1.165, 1.54) is 0 Å². The van der Waals surface area contributed by atoms with Crippen LogP contribution in [-0.2, 0) is 14.3 Å². The lowest BCUT2D eigenvalue weighted by Crippen LogP contribution is -2.09. The zero-order valence-electron chi connectivity index (χ0n) is 6.08. The highest BCUT2D eigenvalue weighted by molar-refractivity contribution is 5.71. The molecule has 0 saturated carbocycles. The molecule has 0 aromatic heterocycles. The van der Waals surface area contributed by atoms with Gasteiger partial charge in [0.25, 0.3) is 0 Å². The molecule has 1 atom stereocenters. The summed E-state index contributed by atoms with van der Waals surface area (Å²) in [6, 6.07) is 0. The minimum atomic E-state index is -0.840. The minimum absolute atomic E-state index is 0.0813. The maximum Gasteiger partial charge on any atom is 0.306 e. The van der Waals surface area contributed by atoms with Gasteiger partial charge in [-0.3, -0.25) is 9.59 Å². The summed E-state index contributed by atoms with van der Waals surface area (Å²) >= 11 is 0. The lowest BCUT2D eigenvalue weighted by Gasteiger charge is -2.05. The number of rotatable bonds is 3. The molecule has 0 spiro atoms. The van der Waals surface area contributed by atoms with Crippen molar-refractivity contribution in [3.05, 3.63) is 0 Å². The van der Waals surface area contributed by atoms with Crippen LogP contribution in [0.15, 0.2) is 0 Å². The van der Waals surface area contributed by atoms with Gasteiger partial charge in [0, 0.05) is 12.8 Å². The van der Waals surface area contributed by atoms with Gasteiger partial charge in [-0.1, -0.05) is 0 Å². The lowest BCUT2D eigenvalue weighted by molar-refractivity contribution is -0.144. The summed E-state index contributed by atoms with van der Waals surface area (Å²) < 4.78 is 4.81. The highest BCUT2D eigenvalue weighted by Gasteiger charge is 2.23.